The monoisotopic (exact) mass is 494 g/mol. The van der Waals surface area contributed by atoms with Gasteiger partial charge in [0.2, 0.25) is 5.91 Å². The SMILES string of the molecule is COc1cc(C(=O)N2Cc3ccccc3C[C@H]2C(N)=O)cc(Br)c1OCc1ccccc1. The standard InChI is InChI=1S/C25H23BrN2O4/c1-31-22-13-19(11-20(26)23(22)32-15-16-7-3-2-4-8-16)25(30)28-14-18-10-6-5-9-17(18)12-21(28)24(27)29/h2-11,13,21H,12,14-15H2,1H3,(H2,27,29)/t21-/m0/s1. The van der Waals surface area contributed by atoms with Gasteiger partial charge in [0, 0.05) is 18.5 Å². The molecule has 0 fully saturated rings. The third-order valence-corrected chi connectivity index (χ3v) is 6.13. The highest BCUT2D eigenvalue weighted by Gasteiger charge is 2.34. The molecule has 0 saturated heterocycles. The Kier molecular flexibility index (Phi) is 6.46. The van der Waals surface area contributed by atoms with Crippen molar-refractivity contribution in [3.63, 3.8) is 0 Å². The number of benzene rings is 3. The molecule has 3 aromatic rings. The Hall–Kier alpha value is -3.32. The summed E-state index contributed by atoms with van der Waals surface area (Å²) in [6.45, 7) is 0.671. The predicted molar refractivity (Wildman–Crippen MR) is 124 cm³/mol. The van der Waals surface area contributed by atoms with Crippen molar-refractivity contribution in [2.24, 2.45) is 5.73 Å². The molecule has 2 N–H and O–H groups in total. The highest BCUT2D eigenvalue weighted by Crippen LogP contribution is 2.38. The van der Waals surface area contributed by atoms with Crippen molar-refractivity contribution in [1.82, 2.24) is 4.90 Å². The normalized spacial score (nSPS) is 15.1. The number of ether oxygens (including phenoxy) is 2. The Morgan fingerprint density at radius 1 is 1.06 bits per heavy atom. The number of nitrogens with zero attached hydrogens (tertiary/aromatic N) is 1. The topological polar surface area (TPSA) is 81.9 Å². The van der Waals surface area contributed by atoms with Gasteiger partial charge in [-0.05, 0) is 44.8 Å². The largest absolute Gasteiger partial charge is 0.493 e. The van der Waals surface area contributed by atoms with Crippen LogP contribution in [0.3, 0.4) is 0 Å². The van der Waals surface area contributed by atoms with E-state index in [-0.39, 0.29) is 5.91 Å². The van der Waals surface area contributed by atoms with Gasteiger partial charge in [-0.3, -0.25) is 9.59 Å². The van der Waals surface area contributed by atoms with E-state index in [4.69, 9.17) is 15.2 Å². The van der Waals surface area contributed by atoms with Gasteiger partial charge < -0.3 is 20.1 Å². The maximum Gasteiger partial charge on any atom is 0.255 e. The van der Waals surface area contributed by atoms with Gasteiger partial charge in [0.05, 0.1) is 11.6 Å². The molecule has 0 aromatic heterocycles. The highest BCUT2D eigenvalue weighted by molar-refractivity contribution is 9.10. The molecule has 164 valence electrons. The quantitative estimate of drug-likeness (QED) is 0.559. The summed E-state index contributed by atoms with van der Waals surface area (Å²) < 4.78 is 12.1. The summed E-state index contributed by atoms with van der Waals surface area (Å²) in [5, 5.41) is 0. The molecular weight excluding hydrogens is 472 g/mol. The van der Waals surface area contributed by atoms with E-state index in [1.165, 1.54) is 12.0 Å². The van der Waals surface area contributed by atoms with Gasteiger partial charge in [0.15, 0.2) is 11.5 Å². The molecule has 0 unspecified atom stereocenters. The fraction of sp³-hybridized carbons (Fsp3) is 0.200. The smallest absolute Gasteiger partial charge is 0.255 e. The van der Waals surface area contributed by atoms with E-state index in [9.17, 15) is 9.59 Å². The fourth-order valence-electron chi connectivity index (χ4n) is 3.87. The van der Waals surface area contributed by atoms with Crippen LogP contribution in [0.25, 0.3) is 0 Å². The molecule has 0 saturated carbocycles. The van der Waals surface area contributed by atoms with E-state index in [0.29, 0.717) is 41.1 Å². The molecule has 1 heterocycles. The number of methoxy groups -OCH3 is 1. The van der Waals surface area contributed by atoms with Crippen LogP contribution in [-0.4, -0.2) is 29.9 Å². The zero-order chi connectivity index (χ0) is 22.7. The third kappa shape index (κ3) is 4.48. The van der Waals surface area contributed by atoms with Gasteiger partial charge >= 0.3 is 0 Å². The zero-order valence-corrected chi connectivity index (χ0v) is 19.2. The van der Waals surface area contributed by atoms with E-state index in [2.05, 4.69) is 15.9 Å². The molecule has 0 spiro atoms. The molecule has 32 heavy (non-hydrogen) atoms. The molecule has 1 aliphatic heterocycles. The molecule has 7 heteroatoms. The molecule has 2 amide bonds. The minimum Gasteiger partial charge on any atom is -0.493 e. The lowest BCUT2D eigenvalue weighted by Crippen LogP contribution is -2.51. The van der Waals surface area contributed by atoms with Crippen LogP contribution in [0.2, 0.25) is 0 Å². The lowest BCUT2D eigenvalue weighted by atomic mass is 9.93. The summed E-state index contributed by atoms with van der Waals surface area (Å²) in [6.07, 6.45) is 0.397. The first-order valence-corrected chi connectivity index (χ1v) is 11.0. The number of carbonyl (C=O) groups is 2. The van der Waals surface area contributed by atoms with Gasteiger partial charge in [-0.2, -0.15) is 0 Å². The van der Waals surface area contributed by atoms with Crippen LogP contribution in [0.4, 0.5) is 0 Å². The van der Waals surface area contributed by atoms with Gasteiger partial charge in [-0.15, -0.1) is 0 Å². The number of hydrogen-bond acceptors (Lipinski definition) is 4. The third-order valence-electron chi connectivity index (χ3n) is 5.54. The maximum absolute atomic E-state index is 13.4. The van der Waals surface area contributed by atoms with Crippen molar-refractivity contribution >= 4 is 27.7 Å². The predicted octanol–water partition coefficient (Wildman–Crippen LogP) is 4.09. The van der Waals surface area contributed by atoms with Gasteiger partial charge in [-0.1, -0.05) is 54.6 Å². The second kappa shape index (κ2) is 9.44. The first-order chi connectivity index (χ1) is 15.5. The number of primary amides is 1. The average Bonchev–Trinajstić information content (AvgIpc) is 2.82. The van der Waals surface area contributed by atoms with Crippen LogP contribution < -0.4 is 15.2 Å². The summed E-state index contributed by atoms with van der Waals surface area (Å²) >= 11 is 3.51. The molecule has 6 nitrogen and oxygen atoms in total. The van der Waals surface area contributed by atoms with Crippen LogP contribution in [-0.2, 0) is 24.4 Å². The second-order valence-corrected chi connectivity index (χ2v) is 8.44. The van der Waals surface area contributed by atoms with Crippen LogP contribution in [0.5, 0.6) is 11.5 Å². The summed E-state index contributed by atoms with van der Waals surface area (Å²) in [7, 11) is 1.52. The van der Waals surface area contributed by atoms with Gasteiger partial charge in [0.1, 0.15) is 12.6 Å². The van der Waals surface area contributed by atoms with Crippen LogP contribution in [0.15, 0.2) is 71.2 Å². The lowest BCUT2D eigenvalue weighted by molar-refractivity contribution is -0.122. The Morgan fingerprint density at radius 2 is 1.75 bits per heavy atom. The average molecular weight is 495 g/mol. The van der Waals surface area contributed by atoms with Crippen LogP contribution in [0, 0.1) is 0 Å². The number of nitrogens with two attached hydrogens (primary N) is 1. The molecule has 4 rings (SSSR count). The van der Waals surface area contributed by atoms with Gasteiger partial charge in [-0.25, -0.2) is 0 Å². The van der Waals surface area contributed by atoms with E-state index >= 15 is 0 Å². The summed E-state index contributed by atoms with van der Waals surface area (Å²) in [4.78, 5) is 27.1. The van der Waals surface area contributed by atoms with Crippen molar-refractivity contribution in [1.29, 1.82) is 0 Å². The Balaban J connectivity index is 1.62. The Labute approximate surface area is 195 Å². The van der Waals surface area contributed by atoms with Crippen molar-refractivity contribution in [3.05, 3.63) is 93.5 Å². The summed E-state index contributed by atoms with van der Waals surface area (Å²) in [6, 6.07) is 20.1. The number of halogens is 1. The zero-order valence-electron chi connectivity index (χ0n) is 17.6. The number of carbonyl (C=O) groups excluding carboxylic acids is 2. The first kappa shape index (κ1) is 21.9. The highest BCUT2D eigenvalue weighted by atomic mass is 79.9. The molecule has 1 aliphatic rings. The molecule has 0 radical (unpaired) electrons. The summed E-state index contributed by atoms with van der Waals surface area (Å²) in [5.41, 5.74) is 9.08. The first-order valence-electron chi connectivity index (χ1n) is 10.2. The van der Waals surface area contributed by atoms with Crippen molar-refractivity contribution in [3.8, 4) is 11.5 Å². The summed E-state index contributed by atoms with van der Waals surface area (Å²) in [5.74, 6) is 0.105. The van der Waals surface area contributed by atoms with Gasteiger partial charge in [0.25, 0.3) is 5.91 Å². The van der Waals surface area contributed by atoms with Crippen LogP contribution >= 0.6 is 15.9 Å². The molecule has 1 atom stereocenters. The van der Waals surface area contributed by atoms with Crippen molar-refractivity contribution in [2.45, 2.75) is 25.6 Å². The minimum absolute atomic E-state index is 0.295. The minimum atomic E-state index is -0.712. The maximum atomic E-state index is 13.4. The number of rotatable bonds is 6. The van der Waals surface area contributed by atoms with Crippen molar-refractivity contribution in [2.75, 3.05) is 7.11 Å². The number of fused-ring (bicyclic) bond motifs is 1. The fourth-order valence-corrected chi connectivity index (χ4v) is 4.43. The molecule has 0 aliphatic carbocycles. The van der Waals surface area contributed by atoms with E-state index < -0.39 is 11.9 Å². The Morgan fingerprint density at radius 3 is 2.44 bits per heavy atom. The van der Waals surface area contributed by atoms with E-state index in [0.717, 1.165) is 16.7 Å². The lowest BCUT2D eigenvalue weighted by Gasteiger charge is -2.35. The van der Waals surface area contributed by atoms with Crippen LogP contribution in [0.1, 0.15) is 27.0 Å². The number of hydrogen-bond donors (Lipinski definition) is 1. The molecular formula is C25H23BrN2O4. The van der Waals surface area contributed by atoms with E-state index in [1.54, 1.807) is 12.1 Å². The van der Waals surface area contributed by atoms with E-state index in [1.807, 2.05) is 54.6 Å². The molecule has 0 bridgehead atoms. The Bertz CT molecular complexity index is 1150. The number of amides is 2. The van der Waals surface area contributed by atoms with Crippen molar-refractivity contribution < 1.29 is 19.1 Å². The molecule has 3 aromatic carbocycles. The second-order valence-electron chi connectivity index (χ2n) is 7.59.